The third kappa shape index (κ3) is 9.22. The van der Waals surface area contributed by atoms with E-state index in [1.165, 1.54) is 7.11 Å². The van der Waals surface area contributed by atoms with Crippen LogP contribution in [-0.4, -0.2) is 50.9 Å². The number of benzene rings is 3. The highest BCUT2D eigenvalue weighted by molar-refractivity contribution is 5.92. The zero-order valence-electron chi connectivity index (χ0n) is 24.6. The van der Waals surface area contributed by atoms with Gasteiger partial charge >= 0.3 is 12.1 Å². The topological polar surface area (TPSA) is 102 Å². The van der Waals surface area contributed by atoms with Crippen molar-refractivity contribution >= 4 is 12.1 Å². The summed E-state index contributed by atoms with van der Waals surface area (Å²) < 4.78 is 33.3. The van der Waals surface area contributed by atoms with Crippen LogP contribution in [0.5, 0.6) is 11.5 Å². The van der Waals surface area contributed by atoms with Gasteiger partial charge in [0, 0.05) is 6.42 Å². The number of alkyl carbamates (subject to hydrolysis) is 1. The van der Waals surface area contributed by atoms with Crippen LogP contribution in [0.1, 0.15) is 66.7 Å². The van der Waals surface area contributed by atoms with Crippen molar-refractivity contribution in [2.24, 2.45) is 0 Å². The van der Waals surface area contributed by atoms with E-state index in [2.05, 4.69) is 5.32 Å². The fraction of sp³-hybridized carbons (Fsp3) is 0.394. The summed E-state index contributed by atoms with van der Waals surface area (Å²) in [5.41, 5.74) is 2.29. The Hall–Kier alpha value is -4.08. The van der Waals surface area contributed by atoms with E-state index in [0.29, 0.717) is 43.1 Å². The first kappa shape index (κ1) is 30.9. The first-order chi connectivity index (χ1) is 20.2. The van der Waals surface area contributed by atoms with E-state index in [9.17, 15) is 9.59 Å². The fourth-order valence-corrected chi connectivity index (χ4v) is 4.44. The van der Waals surface area contributed by atoms with Crippen molar-refractivity contribution in [1.29, 1.82) is 0 Å². The van der Waals surface area contributed by atoms with E-state index < -0.39 is 23.7 Å². The van der Waals surface area contributed by atoms with Crippen LogP contribution in [0.4, 0.5) is 4.79 Å². The molecule has 1 aliphatic heterocycles. The average molecular weight is 578 g/mol. The van der Waals surface area contributed by atoms with Gasteiger partial charge in [0.15, 0.2) is 6.29 Å². The first-order valence-electron chi connectivity index (χ1n) is 14.1. The minimum atomic E-state index is -0.622. The summed E-state index contributed by atoms with van der Waals surface area (Å²) in [6.07, 6.45) is 0.585. The molecule has 1 aliphatic rings. The van der Waals surface area contributed by atoms with Crippen molar-refractivity contribution in [3.63, 3.8) is 0 Å². The molecule has 0 bridgehead atoms. The second-order valence-corrected chi connectivity index (χ2v) is 10.8. The molecule has 1 saturated heterocycles. The van der Waals surface area contributed by atoms with Crippen LogP contribution in [0.25, 0.3) is 0 Å². The van der Waals surface area contributed by atoms with Crippen molar-refractivity contribution < 1.29 is 38.0 Å². The van der Waals surface area contributed by atoms with E-state index in [1.54, 1.807) is 18.2 Å². The number of hydrogen-bond donors (Lipinski definition) is 1. The fourth-order valence-electron chi connectivity index (χ4n) is 4.44. The Morgan fingerprint density at radius 2 is 1.69 bits per heavy atom. The second kappa shape index (κ2) is 14.7. The van der Waals surface area contributed by atoms with E-state index in [4.69, 9.17) is 28.4 Å². The first-order valence-corrected chi connectivity index (χ1v) is 14.1. The Balaban J connectivity index is 1.39. The molecule has 9 heteroatoms. The minimum Gasteiger partial charge on any atom is -0.496 e. The summed E-state index contributed by atoms with van der Waals surface area (Å²) in [5.74, 6) is 0.574. The molecule has 1 fully saturated rings. The molecule has 0 saturated carbocycles. The van der Waals surface area contributed by atoms with Gasteiger partial charge < -0.3 is 33.7 Å². The molecule has 1 atom stereocenters. The molecule has 224 valence electrons. The number of amides is 1. The SMILES string of the molecule is COc1cc(COc2cccc([C@@H](NC(=O)OC(C)(C)C)c3ccccc3)c2)ccc1C(=O)OCCCC1OCCO1. The molecule has 0 aliphatic carbocycles. The van der Waals surface area contributed by atoms with Gasteiger partial charge in [0.25, 0.3) is 0 Å². The van der Waals surface area contributed by atoms with Gasteiger partial charge in [-0.1, -0.05) is 48.5 Å². The maximum absolute atomic E-state index is 12.7. The van der Waals surface area contributed by atoms with Crippen LogP contribution in [-0.2, 0) is 25.6 Å². The summed E-state index contributed by atoms with van der Waals surface area (Å²) >= 11 is 0. The highest BCUT2D eigenvalue weighted by Crippen LogP contribution is 2.27. The Morgan fingerprint density at radius 3 is 2.40 bits per heavy atom. The summed E-state index contributed by atoms with van der Waals surface area (Å²) in [6.45, 7) is 7.18. The van der Waals surface area contributed by atoms with Gasteiger partial charge in [-0.15, -0.1) is 0 Å². The van der Waals surface area contributed by atoms with E-state index in [1.807, 2.05) is 75.4 Å². The quantitative estimate of drug-likeness (QED) is 0.201. The standard InChI is InChI=1S/C33H39NO8/c1-33(2,3)42-32(36)34-30(24-10-6-5-7-11-24)25-12-8-13-26(21-25)41-22-23-15-16-27(28(20-23)37-4)31(35)40-17-9-14-29-38-18-19-39-29/h5-8,10-13,15-16,20-21,29-30H,9,14,17-19,22H2,1-4H3,(H,34,36)/t30-/m0/s1. The number of rotatable bonds is 12. The van der Waals surface area contributed by atoms with E-state index in [-0.39, 0.29) is 19.5 Å². The van der Waals surface area contributed by atoms with Crippen molar-refractivity contribution in [3.05, 3.63) is 95.1 Å². The lowest BCUT2D eigenvalue weighted by Gasteiger charge is -2.24. The molecule has 0 spiro atoms. The maximum atomic E-state index is 12.7. The smallest absolute Gasteiger partial charge is 0.408 e. The number of ether oxygens (including phenoxy) is 6. The highest BCUT2D eigenvalue weighted by Gasteiger charge is 2.22. The molecule has 3 aromatic rings. The molecule has 0 unspecified atom stereocenters. The zero-order chi connectivity index (χ0) is 30.0. The van der Waals surface area contributed by atoms with Gasteiger partial charge in [-0.3, -0.25) is 0 Å². The molecule has 42 heavy (non-hydrogen) atoms. The number of nitrogens with one attached hydrogen (secondary N) is 1. The van der Waals surface area contributed by atoms with Gasteiger partial charge in [0.2, 0.25) is 0 Å². The van der Waals surface area contributed by atoms with Gasteiger partial charge in [-0.2, -0.15) is 0 Å². The number of esters is 1. The summed E-state index contributed by atoms with van der Waals surface area (Å²) in [6, 6.07) is 22.0. The molecule has 4 rings (SSSR count). The lowest BCUT2D eigenvalue weighted by Crippen LogP contribution is -2.35. The lowest BCUT2D eigenvalue weighted by molar-refractivity contribution is -0.0505. The van der Waals surface area contributed by atoms with Crippen LogP contribution < -0.4 is 14.8 Å². The van der Waals surface area contributed by atoms with Crippen molar-refractivity contribution in [2.45, 2.75) is 58.2 Å². The van der Waals surface area contributed by atoms with Gasteiger partial charge in [0.1, 0.15) is 29.3 Å². The van der Waals surface area contributed by atoms with Crippen molar-refractivity contribution in [3.8, 4) is 11.5 Å². The molecule has 9 nitrogen and oxygen atoms in total. The monoisotopic (exact) mass is 577 g/mol. The maximum Gasteiger partial charge on any atom is 0.408 e. The predicted molar refractivity (Wildman–Crippen MR) is 157 cm³/mol. The molecule has 0 radical (unpaired) electrons. The summed E-state index contributed by atoms with van der Waals surface area (Å²) in [7, 11) is 1.51. The van der Waals surface area contributed by atoms with E-state index >= 15 is 0 Å². The Labute approximate surface area is 247 Å². The largest absolute Gasteiger partial charge is 0.496 e. The van der Waals surface area contributed by atoms with Crippen LogP contribution >= 0.6 is 0 Å². The van der Waals surface area contributed by atoms with Crippen molar-refractivity contribution in [1.82, 2.24) is 5.32 Å². The molecule has 0 aromatic heterocycles. The van der Waals surface area contributed by atoms with Crippen LogP contribution in [0.2, 0.25) is 0 Å². The van der Waals surface area contributed by atoms with Crippen LogP contribution in [0.15, 0.2) is 72.8 Å². The molecular weight excluding hydrogens is 538 g/mol. The minimum absolute atomic E-state index is 0.219. The second-order valence-electron chi connectivity index (χ2n) is 10.8. The van der Waals surface area contributed by atoms with Crippen LogP contribution in [0.3, 0.4) is 0 Å². The Bertz CT molecular complexity index is 1320. The Kier molecular flexibility index (Phi) is 10.8. The molecule has 3 aromatic carbocycles. The predicted octanol–water partition coefficient (Wildman–Crippen LogP) is 6.20. The zero-order valence-corrected chi connectivity index (χ0v) is 24.6. The lowest BCUT2D eigenvalue weighted by atomic mass is 9.98. The molecule has 1 heterocycles. The third-order valence-corrected chi connectivity index (χ3v) is 6.38. The number of hydrogen-bond acceptors (Lipinski definition) is 8. The highest BCUT2D eigenvalue weighted by atomic mass is 16.7. The number of carbonyl (C=O) groups is 2. The normalized spacial score (nSPS) is 14.2. The summed E-state index contributed by atoms with van der Waals surface area (Å²) in [4.78, 5) is 25.3. The number of carbonyl (C=O) groups excluding carboxylic acids is 2. The molecule has 1 amide bonds. The van der Waals surface area contributed by atoms with Crippen molar-refractivity contribution in [2.75, 3.05) is 26.9 Å². The van der Waals surface area contributed by atoms with Gasteiger partial charge in [0.05, 0.1) is 33.0 Å². The Morgan fingerprint density at radius 1 is 0.952 bits per heavy atom. The van der Waals surface area contributed by atoms with Gasteiger partial charge in [-0.05, 0) is 68.1 Å². The average Bonchev–Trinajstić information content (AvgIpc) is 3.50. The number of methoxy groups -OCH3 is 1. The van der Waals surface area contributed by atoms with Crippen LogP contribution in [0, 0.1) is 0 Å². The molecule has 1 N–H and O–H groups in total. The third-order valence-electron chi connectivity index (χ3n) is 6.38. The van der Waals surface area contributed by atoms with E-state index in [0.717, 1.165) is 16.7 Å². The summed E-state index contributed by atoms with van der Waals surface area (Å²) in [5, 5.41) is 2.98. The molecular formula is C33H39NO8. The van der Waals surface area contributed by atoms with Gasteiger partial charge in [-0.25, -0.2) is 9.59 Å².